The summed E-state index contributed by atoms with van der Waals surface area (Å²) in [6, 6.07) is 12.7. The molecule has 6 nitrogen and oxygen atoms in total. The van der Waals surface area contributed by atoms with Crippen LogP contribution in [0.3, 0.4) is 0 Å². The number of halogens is 1. The molecule has 33 heavy (non-hydrogen) atoms. The van der Waals surface area contributed by atoms with Gasteiger partial charge in [-0.1, -0.05) is 29.8 Å². The lowest BCUT2D eigenvalue weighted by Gasteiger charge is -2.38. The first-order valence-corrected chi connectivity index (χ1v) is 12.5. The SMILES string of the molecule is Cc1cc(/C=N/NC(N)=S)c(N2CCN(Cc3ccccc3Cl)CC2)cc1N1CCCCC1. The summed E-state index contributed by atoms with van der Waals surface area (Å²) in [6.45, 7) is 9.21. The summed E-state index contributed by atoms with van der Waals surface area (Å²) in [6.07, 6.45) is 5.68. The van der Waals surface area contributed by atoms with Gasteiger partial charge in [0.15, 0.2) is 5.11 Å². The molecule has 0 aromatic heterocycles. The summed E-state index contributed by atoms with van der Waals surface area (Å²) >= 11 is 11.3. The molecule has 0 amide bonds. The number of rotatable bonds is 6. The van der Waals surface area contributed by atoms with Gasteiger partial charge < -0.3 is 15.5 Å². The Morgan fingerprint density at radius 3 is 2.42 bits per heavy atom. The molecule has 2 aromatic carbocycles. The van der Waals surface area contributed by atoms with Crippen LogP contribution in [0.5, 0.6) is 0 Å². The zero-order valence-electron chi connectivity index (χ0n) is 19.3. The maximum Gasteiger partial charge on any atom is 0.184 e. The Morgan fingerprint density at radius 2 is 1.73 bits per heavy atom. The van der Waals surface area contributed by atoms with Gasteiger partial charge in [-0.25, -0.2) is 0 Å². The molecule has 0 unspecified atom stereocenters. The largest absolute Gasteiger partial charge is 0.375 e. The molecule has 2 aromatic rings. The Balaban J connectivity index is 1.53. The van der Waals surface area contributed by atoms with Crippen LogP contribution in [-0.4, -0.2) is 55.5 Å². The molecule has 8 heteroatoms. The molecule has 2 aliphatic heterocycles. The number of nitrogens with two attached hydrogens (primary N) is 1. The minimum absolute atomic E-state index is 0.169. The zero-order valence-corrected chi connectivity index (χ0v) is 20.8. The Bertz CT molecular complexity index is 996. The van der Waals surface area contributed by atoms with Crippen molar-refractivity contribution < 1.29 is 0 Å². The van der Waals surface area contributed by atoms with Crippen molar-refractivity contribution in [2.24, 2.45) is 10.8 Å². The van der Waals surface area contributed by atoms with Gasteiger partial charge in [-0.3, -0.25) is 10.3 Å². The first-order valence-electron chi connectivity index (χ1n) is 11.7. The summed E-state index contributed by atoms with van der Waals surface area (Å²) in [5, 5.41) is 5.26. The van der Waals surface area contributed by atoms with Gasteiger partial charge in [-0.15, -0.1) is 0 Å². The van der Waals surface area contributed by atoms with Crippen LogP contribution in [0.1, 0.15) is 36.0 Å². The molecular formula is C25H33ClN6S. The Hall–Kier alpha value is -2.35. The summed E-state index contributed by atoms with van der Waals surface area (Å²) in [5.74, 6) is 0. The number of nitrogens with one attached hydrogen (secondary N) is 1. The maximum absolute atomic E-state index is 6.39. The van der Waals surface area contributed by atoms with E-state index in [1.165, 1.54) is 41.8 Å². The maximum atomic E-state index is 6.39. The lowest BCUT2D eigenvalue weighted by atomic mass is 10.0. The van der Waals surface area contributed by atoms with E-state index in [0.717, 1.165) is 56.4 Å². The van der Waals surface area contributed by atoms with Crippen molar-refractivity contribution in [3.05, 3.63) is 58.1 Å². The fourth-order valence-corrected chi connectivity index (χ4v) is 4.99. The Labute approximate surface area is 207 Å². The van der Waals surface area contributed by atoms with E-state index < -0.39 is 0 Å². The average molecular weight is 485 g/mol. The minimum Gasteiger partial charge on any atom is -0.375 e. The first-order chi connectivity index (χ1) is 16.0. The van der Waals surface area contributed by atoms with Crippen LogP contribution in [0.4, 0.5) is 11.4 Å². The second-order valence-corrected chi connectivity index (χ2v) is 9.68. The predicted molar refractivity (Wildman–Crippen MR) is 144 cm³/mol. The van der Waals surface area contributed by atoms with Crippen LogP contribution >= 0.6 is 23.8 Å². The molecule has 0 spiro atoms. The van der Waals surface area contributed by atoms with E-state index in [0.29, 0.717) is 0 Å². The highest BCUT2D eigenvalue weighted by atomic mass is 35.5. The summed E-state index contributed by atoms with van der Waals surface area (Å²) in [7, 11) is 0. The minimum atomic E-state index is 0.169. The fraction of sp³-hybridized carbons (Fsp3) is 0.440. The molecular weight excluding hydrogens is 452 g/mol. The van der Waals surface area contributed by atoms with E-state index in [-0.39, 0.29) is 5.11 Å². The van der Waals surface area contributed by atoms with Crippen LogP contribution in [0.15, 0.2) is 41.5 Å². The van der Waals surface area contributed by atoms with E-state index in [1.807, 2.05) is 18.3 Å². The highest BCUT2D eigenvalue weighted by Gasteiger charge is 2.22. The van der Waals surface area contributed by atoms with E-state index in [9.17, 15) is 0 Å². The van der Waals surface area contributed by atoms with E-state index >= 15 is 0 Å². The molecule has 0 atom stereocenters. The van der Waals surface area contributed by atoms with Crippen molar-refractivity contribution in [1.29, 1.82) is 0 Å². The molecule has 176 valence electrons. The molecule has 4 rings (SSSR count). The van der Waals surface area contributed by atoms with Gasteiger partial charge in [0.2, 0.25) is 0 Å². The third kappa shape index (κ3) is 6.16. The smallest absolute Gasteiger partial charge is 0.184 e. The molecule has 0 saturated carbocycles. The Kier molecular flexibility index (Phi) is 8.06. The van der Waals surface area contributed by atoms with Gasteiger partial charge in [0.1, 0.15) is 0 Å². The highest BCUT2D eigenvalue weighted by molar-refractivity contribution is 7.80. The van der Waals surface area contributed by atoms with Crippen LogP contribution in [0.25, 0.3) is 0 Å². The van der Waals surface area contributed by atoms with Crippen LogP contribution in [0, 0.1) is 6.92 Å². The lowest BCUT2D eigenvalue weighted by molar-refractivity contribution is 0.250. The van der Waals surface area contributed by atoms with E-state index in [2.05, 4.69) is 56.4 Å². The molecule has 0 aliphatic carbocycles. The van der Waals surface area contributed by atoms with E-state index in [4.69, 9.17) is 29.6 Å². The van der Waals surface area contributed by atoms with Crippen LogP contribution < -0.4 is 21.0 Å². The van der Waals surface area contributed by atoms with Crippen molar-refractivity contribution >= 4 is 46.5 Å². The molecule has 2 heterocycles. The molecule has 2 fully saturated rings. The topological polar surface area (TPSA) is 60.1 Å². The van der Waals surface area contributed by atoms with Gasteiger partial charge in [0.05, 0.1) is 6.21 Å². The van der Waals surface area contributed by atoms with Gasteiger partial charge >= 0.3 is 0 Å². The van der Waals surface area contributed by atoms with Crippen molar-refractivity contribution in [3.63, 3.8) is 0 Å². The van der Waals surface area contributed by atoms with Gasteiger partial charge in [0.25, 0.3) is 0 Å². The molecule has 3 N–H and O–H groups in total. The predicted octanol–water partition coefficient (Wildman–Crippen LogP) is 4.13. The molecule has 0 radical (unpaired) electrons. The number of hydrogen-bond acceptors (Lipinski definition) is 5. The monoisotopic (exact) mass is 484 g/mol. The number of thiocarbonyl (C=S) groups is 1. The number of hydrogen-bond donors (Lipinski definition) is 2. The van der Waals surface area contributed by atoms with Gasteiger partial charge in [-0.05, 0) is 67.7 Å². The molecule has 2 saturated heterocycles. The number of anilines is 2. The summed E-state index contributed by atoms with van der Waals surface area (Å²) < 4.78 is 0. The van der Waals surface area contributed by atoms with E-state index in [1.54, 1.807) is 0 Å². The van der Waals surface area contributed by atoms with Crippen molar-refractivity contribution in [1.82, 2.24) is 10.3 Å². The third-order valence-electron chi connectivity index (χ3n) is 6.49. The normalized spacial score (nSPS) is 17.5. The fourth-order valence-electron chi connectivity index (χ4n) is 4.74. The van der Waals surface area contributed by atoms with Crippen molar-refractivity contribution in [2.75, 3.05) is 49.1 Å². The van der Waals surface area contributed by atoms with Gasteiger partial charge in [-0.2, -0.15) is 5.10 Å². The number of benzene rings is 2. The number of hydrazone groups is 1. The van der Waals surface area contributed by atoms with Gasteiger partial charge in [0, 0.05) is 67.8 Å². The second-order valence-electron chi connectivity index (χ2n) is 8.83. The summed E-state index contributed by atoms with van der Waals surface area (Å²) in [5.41, 5.74) is 14.3. The third-order valence-corrected chi connectivity index (χ3v) is 6.95. The second kappa shape index (κ2) is 11.2. The Morgan fingerprint density at radius 1 is 1.03 bits per heavy atom. The number of aryl methyl sites for hydroxylation is 1. The average Bonchev–Trinajstić information content (AvgIpc) is 2.82. The highest BCUT2D eigenvalue weighted by Crippen LogP contribution is 2.32. The molecule has 0 bridgehead atoms. The molecule has 2 aliphatic rings. The first kappa shape index (κ1) is 23.8. The van der Waals surface area contributed by atoms with Crippen molar-refractivity contribution in [3.8, 4) is 0 Å². The lowest BCUT2D eigenvalue weighted by Crippen LogP contribution is -2.46. The summed E-state index contributed by atoms with van der Waals surface area (Å²) in [4.78, 5) is 7.47. The zero-order chi connectivity index (χ0) is 23.2. The standard InChI is InChI=1S/C25H33ClN6S/c1-19-15-21(17-28-29-25(27)33)24(16-23(19)31-9-5-2-6-10-31)32-13-11-30(12-14-32)18-20-7-3-4-8-22(20)26/h3-4,7-8,15-17H,2,5-6,9-14,18H2,1H3,(H3,27,29,33)/b28-17+. The quantitative estimate of drug-likeness (QED) is 0.365. The number of nitrogens with zero attached hydrogens (tertiary/aromatic N) is 4. The van der Waals surface area contributed by atoms with Crippen LogP contribution in [-0.2, 0) is 6.54 Å². The number of piperidine rings is 1. The van der Waals surface area contributed by atoms with Crippen molar-refractivity contribution in [2.45, 2.75) is 32.7 Å². The van der Waals surface area contributed by atoms with Crippen LogP contribution in [0.2, 0.25) is 5.02 Å². The number of piperazine rings is 1.